The van der Waals surface area contributed by atoms with Crippen LogP contribution >= 0.6 is 0 Å². The third-order valence-electron chi connectivity index (χ3n) is 7.87. The molecule has 1 N–H and O–H groups in total. The Hall–Kier alpha value is -4.15. The van der Waals surface area contributed by atoms with E-state index in [1.165, 1.54) is 7.11 Å². The molecule has 1 saturated heterocycles. The summed E-state index contributed by atoms with van der Waals surface area (Å²) in [6.45, 7) is 3.09. The molecule has 0 saturated carbocycles. The summed E-state index contributed by atoms with van der Waals surface area (Å²) in [4.78, 5) is 66.9. The van der Waals surface area contributed by atoms with E-state index < -0.39 is 42.0 Å². The van der Waals surface area contributed by atoms with Gasteiger partial charge in [0.25, 0.3) is 5.91 Å². The average molecular weight is 636 g/mol. The molecular weight excluding hydrogens is 590 g/mol. The molecular formula is C36H45NO9. The molecule has 3 atom stereocenters. The maximum Gasteiger partial charge on any atom is 0.417 e. The number of nitrogens with zero attached hydrogens (tertiary/aromatic N) is 1. The quantitative estimate of drug-likeness (QED) is 0.117. The number of cyclic esters (lactones) is 1. The number of rotatable bonds is 19. The fourth-order valence-corrected chi connectivity index (χ4v) is 5.48. The van der Waals surface area contributed by atoms with Crippen molar-refractivity contribution in [1.82, 2.24) is 4.90 Å². The second-order valence-electron chi connectivity index (χ2n) is 11.5. The summed E-state index contributed by atoms with van der Waals surface area (Å²) in [5, 5.41) is 8.90. The van der Waals surface area contributed by atoms with Crippen LogP contribution in [-0.4, -0.2) is 72.1 Å². The SMILES string of the molecule is COC(C(=O)N1C(=O)OCC1c1ccccc1)C(OC(C)=O)C(=O)C=C(C(=O)CCCCCCCCCCO)c1cccc(C)c1. The van der Waals surface area contributed by atoms with Crippen LogP contribution in [0.15, 0.2) is 60.7 Å². The second-order valence-corrected chi connectivity index (χ2v) is 11.5. The molecule has 2 aromatic rings. The van der Waals surface area contributed by atoms with Crippen LogP contribution in [0.25, 0.3) is 5.57 Å². The zero-order valence-corrected chi connectivity index (χ0v) is 26.9. The maximum absolute atomic E-state index is 13.8. The molecule has 1 aliphatic heterocycles. The van der Waals surface area contributed by atoms with Gasteiger partial charge in [0.2, 0.25) is 0 Å². The number of carbonyl (C=O) groups is 5. The summed E-state index contributed by atoms with van der Waals surface area (Å²) in [6.07, 6.45) is 4.45. The van der Waals surface area contributed by atoms with Gasteiger partial charge >= 0.3 is 12.1 Å². The lowest BCUT2D eigenvalue weighted by Crippen LogP contribution is -2.51. The Bertz CT molecular complexity index is 1370. The summed E-state index contributed by atoms with van der Waals surface area (Å²) < 4.78 is 15.9. The number of benzene rings is 2. The first kappa shape index (κ1) is 36.3. The van der Waals surface area contributed by atoms with Crippen LogP contribution in [0.3, 0.4) is 0 Å². The highest BCUT2D eigenvalue weighted by Crippen LogP contribution is 2.30. The minimum atomic E-state index is -1.77. The highest BCUT2D eigenvalue weighted by Gasteiger charge is 2.46. The van der Waals surface area contributed by atoms with E-state index in [0.29, 0.717) is 17.5 Å². The van der Waals surface area contributed by atoms with Gasteiger partial charge in [-0.15, -0.1) is 0 Å². The van der Waals surface area contributed by atoms with Crippen LogP contribution in [-0.2, 0) is 33.4 Å². The number of aliphatic hydroxyl groups excluding tert-OH is 1. The molecule has 0 radical (unpaired) electrons. The summed E-state index contributed by atoms with van der Waals surface area (Å²) in [6, 6.07) is 15.2. The van der Waals surface area contributed by atoms with E-state index in [0.717, 1.165) is 68.4 Å². The van der Waals surface area contributed by atoms with Crippen molar-refractivity contribution in [2.45, 2.75) is 89.9 Å². The van der Waals surface area contributed by atoms with Gasteiger partial charge in [-0.3, -0.25) is 19.2 Å². The Morgan fingerprint density at radius 3 is 2.20 bits per heavy atom. The van der Waals surface area contributed by atoms with E-state index in [1.54, 1.807) is 48.5 Å². The van der Waals surface area contributed by atoms with Gasteiger partial charge in [0.1, 0.15) is 12.6 Å². The van der Waals surface area contributed by atoms with Crippen LogP contribution < -0.4 is 0 Å². The number of unbranched alkanes of at least 4 members (excludes halogenated alkanes) is 7. The van der Waals surface area contributed by atoms with Gasteiger partial charge in [-0.2, -0.15) is 0 Å². The second kappa shape index (κ2) is 18.7. The maximum atomic E-state index is 13.8. The third kappa shape index (κ3) is 10.5. The van der Waals surface area contributed by atoms with Gasteiger partial charge < -0.3 is 19.3 Å². The number of Topliss-reactive ketones (excluding diaryl/α,β-unsaturated/α-hetero) is 1. The number of methoxy groups -OCH3 is 1. The Balaban J connectivity index is 1.83. The highest BCUT2D eigenvalue weighted by molar-refractivity contribution is 6.25. The zero-order chi connectivity index (χ0) is 33.5. The van der Waals surface area contributed by atoms with Crippen molar-refractivity contribution in [1.29, 1.82) is 0 Å². The van der Waals surface area contributed by atoms with Gasteiger partial charge in [-0.05, 0) is 37.0 Å². The highest BCUT2D eigenvalue weighted by atomic mass is 16.6. The van der Waals surface area contributed by atoms with E-state index in [9.17, 15) is 24.0 Å². The Labute approximate surface area is 270 Å². The van der Waals surface area contributed by atoms with Crippen LogP contribution in [0.5, 0.6) is 0 Å². The molecule has 0 bridgehead atoms. The number of ether oxygens (including phenoxy) is 3. The standard InChI is InChI=1S/C36H45NO9/c1-25-16-15-19-28(22-25)29(31(40)20-13-8-6-4-5-7-9-14-21-38)23-32(41)33(46-26(2)39)34(44-3)35(42)37-30(24-45-36(37)43)27-17-11-10-12-18-27/h10-12,15-19,22-23,30,33-34,38H,4-9,13-14,20-21,24H2,1-3H3. The first-order chi connectivity index (χ1) is 22.2. The molecule has 1 fully saturated rings. The van der Waals surface area contributed by atoms with E-state index >= 15 is 0 Å². The fourth-order valence-electron chi connectivity index (χ4n) is 5.48. The molecule has 0 spiro atoms. The van der Waals surface area contributed by atoms with Crippen molar-refractivity contribution in [2.75, 3.05) is 20.3 Å². The minimum absolute atomic E-state index is 0.0905. The van der Waals surface area contributed by atoms with Gasteiger partial charge in [0, 0.05) is 32.6 Å². The van der Waals surface area contributed by atoms with Crippen molar-refractivity contribution >= 4 is 35.1 Å². The first-order valence-electron chi connectivity index (χ1n) is 15.9. The van der Waals surface area contributed by atoms with Crippen LogP contribution in [0.2, 0.25) is 0 Å². The molecule has 10 nitrogen and oxygen atoms in total. The van der Waals surface area contributed by atoms with Crippen molar-refractivity contribution in [3.05, 3.63) is 77.4 Å². The smallest absolute Gasteiger partial charge is 0.417 e. The summed E-state index contributed by atoms with van der Waals surface area (Å²) in [7, 11) is 1.17. The zero-order valence-electron chi connectivity index (χ0n) is 26.9. The Morgan fingerprint density at radius 2 is 1.59 bits per heavy atom. The molecule has 2 aromatic carbocycles. The van der Waals surface area contributed by atoms with Crippen LogP contribution in [0, 0.1) is 6.92 Å². The normalized spacial score (nSPS) is 16.1. The number of imide groups is 1. The van der Waals surface area contributed by atoms with Crippen LogP contribution in [0.4, 0.5) is 4.79 Å². The molecule has 1 heterocycles. The summed E-state index contributed by atoms with van der Waals surface area (Å²) in [5.41, 5.74) is 2.18. The minimum Gasteiger partial charge on any atom is -0.451 e. The topological polar surface area (TPSA) is 137 Å². The molecule has 46 heavy (non-hydrogen) atoms. The number of amides is 2. The third-order valence-corrected chi connectivity index (χ3v) is 7.87. The monoisotopic (exact) mass is 635 g/mol. The Morgan fingerprint density at radius 1 is 0.935 bits per heavy atom. The van der Waals surface area contributed by atoms with Crippen molar-refractivity contribution in [2.24, 2.45) is 0 Å². The molecule has 0 aromatic heterocycles. The first-order valence-corrected chi connectivity index (χ1v) is 15.9. The van der Waals surface area contributed by atoms with Gasteiger partial charge in [-0.1, -0.05) is 98.7 Å². The lowest BCUT2D eigenvalue weighted by Gasteiger charge is -2.28. The predicted molar refractivity (Wildman–Crippen MR) is 172 cm³/mol. The van der Waals surface area contributed by atoms with Crippen molar-refractivity contribution in [3.8, 4) is 0 Å². The van der Waals surface area contributed by atoms with E-state index in [4.69, 9.17) is 19.3 Å². The van der Waals surface area contributed by atoms with Gasteiger partial charge in [0.05, 0.1) is 0 Å². The number of aryl methyl sites for hydroxylation is 1. The molecule has 3 unspecified atom stereocenters. The number of allylic oxidation sites excluding steroid dienone is 1. The molecule has 0 aliphatic carbocycles. The largest absolute Gasteiger partial charge is 0.451 e. The molecule has 248 valence electrons. The summed E-state index contributed by atoms with van der Waals surface area (Å²) in [5.74, 6) is -2.83. The lowest BCUT2D eigenvalue weighted by atomic mass is 9.93. The summed E-state index contributed by atoms with van der Waals surface area (Å²) >= 11 is 0. The van der Waals surface area contributed by atoms with Gasteiger partial charge in [-0.25, -0.2) is 9.69 Å². The average Bonchev–Trinajstić information content (AvgIpc) is 3.43. The lowest BCUT2D eigenvalue weighted by molar-refractivity contribution is -0.166. The van der Waals surface area contributed by atoms with Crippen molar-refractivity contribution in [3.63, 3.8) is 0 Å². The van der Waals surface area contributed by atoms with E-state index in [-0.39, 0.29) is 31.0 Å². The Kier molecular flexibility index (Phi) is 14.8. The van der Waals surface area contributed by atoms with E-state index in [2.05, 4.69) is 0 Å². The molecule has 10 heteroatoms. The number of esters is 1. The van der Waals surface area contributed by atoms with E-state index in [1.807, 2.05) is 13.0 Å². The van der Waals surface area contributed by atoms with Crippen molar-refractivity contribution < 1.29 is 43.3 Å². The van der Waals surface area contributed by atoms with Crippen LogP contribution in [0.1, 0.15) is 87.4 Å². The number of aliphatic hydroxyl groups is 1. The van der Waals surface area contributed by atoms with Gasteiger partial charge in [0.15, 0.2) is 23.8 Å². The number of carbonyl (C=O) groups excluding carboxylic acids is 5. The fraction of sp³-hybridized carbons (Fsp3) is 0.472. The predicted octanol–water partition coefficient (Wildman–Crippen LogP) is 5.69. The molecule has 1 aliphatic rings. The molecule has 3 rings (SSSR count). The number of hydrogen-bond acceptors (Lipinski definition) is 9. The molecule has 2 amide bonds. The number of hydrogen-bond donors (Lipinski definition) is 1. The number of ketones is 2.